The maximum atomic E-state index is 11.7. The SMILES string of the molecule is COc1ccccc1C(C)NC(=O)C(C)CCl. The molecule has 0 spiro atoms. The maximum Gasteiger partial charge on any atom is 0.224 e. The van der Waals surface area contributed by atoms with Crippen molar-refractivity contribution < 1.29 is 9.53 Å². The molecule has 1 N–H and O–H groups in total. The van der Waals surface area contributed by atoms with Crippen molar-refractivity contribution in [3.63, 3.8) is 0 Å². The average molecular weight is 256 g/mol. The zero-order chi connectivity index (χ0) is 12.8. The number of amides is 1. The smallest absolute Gasteiger partial charge is 0.224 e. The molecule has 2 atom stereocenters. The van der Waals surface area contributed by atoms with Crippen LogP contribution in [0.2, 0.25) is 0 Å². The second-order valence-electron chi connectivity index (χ2n) is 4.03. The van der Waals surface area contributed by atoms with E-state index in [0.717, 1.165) is 11.3 Å². The van der Waals surface area contributed by atoms with E-state index in [-0.39, 0.29) is 17.9 Å². The van der Waals surface area contributed by atoms with Crippen molar-refractivity contribution in [1.29, 1.82) is 0 Å². The van der Waals surface area contributed by atoms with Crippen LogP contribution in [0.3, 0.4) is 0 Å². The molecule has 0 aliphatic heterocycles. The fraction of sp³-hybridized carbons (Fsp3) is 0.462. The zero-order valence-electron chi connectivity index (χ0n) is 10.4. The van der Waals surface area contributed by atoms with E-state index in [1.54, 1.807) is 14.0 Å². The molecule has 1 amide bonds. The van der Waals surface area contributed by atoms with E-state index in [4.69, 9.17) is 16.3 Å². The highest BCUT2D eigenvalue weighted by atomic mass is 35.5. The van der Waals surface area contributed by atoms with Crippen molar-refractivity contribution in [3.05, 3.63) is 29.8 Å². The van der Waals surface area contributed by atoms with Gasteiger partial charge in [0.15, 0.2) is 0 Å². The minimum absolute atomic E-state index is 0.0431. The van der Waals surface area contributed by atoms with Crippen LogP contribution in [0.15, 0.2) is 24.3 Å². The van der Waals surface area contributed by atoms with E-state index < -0.39 is 0 Å². The molecule has 0 radical (unpaired) electrons. The Hall–Kier alpha value is -1.22. The van der Waals surface area contributed by atoms with Crippen LogP contribution in [0.5, 0.6) is 5.75 Å². The molecule has 1 aromatic rings. The second-order valence-corrected chi connectivity index (χ2v) is 4.34. The topological polar surface area (TPSA) is 38.3 Å². The van der Waals surface area contributed by atoms with E-state index in [1.165, 1.54) is 0 Å². The lowest BCUT2D eigenvalue weighted by atomic mass is 10.1. The summed E-state index contributed by atoms with van der Waals surface area (Å²) >= 11 is 5.65. The van der Waals surface area contributed by atoms with Crippen LogP contribution in [0.25, 0.3) is 0 Å². The van der Waals surface area contributed by atoms with Gasteiger partial charge in [-0.05, 0) is 13.0 Å². The largest absolute Gasteiger partial charge is 0.496 e. The Balaban J connectivity index is 2.76. The summed E-state index contributed by atoms with van der Waals surface area (Å²) in [6.07, 6.45) is 0. The van der Waals surface area contributed by atoms with Gasteiger partial charge in [0.25, 0.3) is 0 Å². The van der Waals surface area contributed by atoms with Crippen LogP contribution in [0, 0.1) is 5.92 Å². The third kappa shape index (κ3) is 3.63. The number of hydrogen-bond acceptors (Lipinski definition) is 2. The lowest BCUT2D eigenvalue weighted by Gasteiger charge is -2.18. The molecule has 0 aliphatic rings. The molecular formula is C13H18ClNO2. The normalized spacial score (nSPS) is 13.9. The Morgan fingerprint density at radius 3 is 2.65 bits per heavy atom. The molecule has 0 bridgehead atoms. The average Bonchev–Trinajstić information content (AvgIpc) is 2.37. The summed E-state index contributed by atoms with van der Waals surface area (Å²) in [7, 11) is 1.62. The minimum atomic E-state index is -0.186. The van der Waals surface area contributed by atoms with E-state index in [0.29, 0.717) is 5.88 Å². The molecule has 2 unspecified atom stereocenters. The van der Waals surface area contributed by atoms with E-state index in [9.17, 15) is 4.79 Å². The molecule has 0 saturated heterocycles. The first-order valence-corrected chi connectivity index (χ1v) is 6.12. The summed E-state index contributed by atoms with van der Waals surface area (Å²) in [5, 5.41) is 2.92. The molecule has 94 valence electrons. The Morgan fingerprint density at radius 2 is 2.06 bits per heavy atom. The van der Waals surface area contributed by atoms with Crippen LogP contribution >= 0.6 is 11.6 Å². The molecule has 3 nitrogen and oxygen atoms in total. The fourth-order valence-electron chi connectivity index (χ4n) is 1.53. The van der Waals surface area contributed by atoms with Crippen LogP contribution < -0.4 is 10.1 Å². The molecule has 17 heavy (non-hydrogen) atoms. The fourth-order valence-corrected chi connectivity index (χ4v) is 1.67. The van der Waals surface area contributed by atoms with Crippen molar-refractivity contribution in [3.8, 4) is 5.75 Å². The van der Waals surface area contributed by atoms with Crippen molar-refractivity contribution in [2.75, 3.05) is 13.0 Å². The molecule has 0 fully saturated rings. The zero-order valence-corrected chi connectivity index (χ0v) is 11.1. The molecule has 0 aliphatic carbocycles. The lowest BCUT2D eigenvalue weighted by Crippen LogP contribution is -2.32. The predicted molar refractivity (Wildman–Crippen MR) is 69.4 cm³/mol. The van der Waals surface area contributed by atoms with Gasteiger partial charge in [-0.25, -0.2) is 0 Å². The number of para-hydroxylation sites is 1. The Labute approximate surface area is 107 Å². The second kappa shape index (κ2) is 6.50. The first-order chi connectivity index (χ1) is 8.10. The van der Waals surface area contributed by atoms with Crippen LogP contribution in [-0.2, 0) is 4.79 Å². The summed E-state index contributed by atoms with van der Waals surface area (Å²) in [6, 6.07) is 7.55. The number of methoxy groups -OCH3 is 1. The van der Waals surface area contributed by atoms with Gasteiger partial charge in [-0.2, -0.15) is 0 Å². The third-order valence-electron chi connectivity index (χ3n) is 2.64. The number of hydrogen-bond donors (Lipinski definition) is 1. The minimum Gasteiger partial charge on any atom is -0.496 e. The first-order valence-electron chi connectivity index (χ1n) is 5.59. The van der Waals surface area contributed by atoms with Gasteiger partial charge >= 0.3 is 0 Å². The Bertz CT molecular complexity index is 381. The van der Waals surface area contributed by atoms with Gasteiger partial charge in [0.05, 0.1) is 13.2 Å². The molecule has 4 heteroatoms. The van der Waals surface area contributed by atoms with Gasteiger partial charge in [-0.1, -0.05) is 25.1 Å². The predicted octanol–water partition coefficient (Wildman–Crippen LogP) is 2.75. The van der Waals surface area contributed by atoms with E-state index in [2.05, 4.69) is 5.32 Å². The summed E-state index contributed by atoms with van der Waals surface area (Å²) in [5.74, 6) is 0.871. The summed E-state index contributed by atoms with van der Waals surface area (Å²) in [4.78, 5) is 11.7. The number of carbonyl (C=O) groups excluding carboxylic acids is 1. The highest BCUT2D eigenvalue weighted by Crippen LogP contribution is 2.24. The molecular weight excluding hydrogens is 238 g/mol. The molecule has 0 saturated carbocycles. The lowest BCUT2D eigenvalue weighted by molar-refractivity contribution is -0.124. The first kappa shape index (κ1) is 13.8. The molecule has 0 heterocycles. The quantitative estimate of drug-likeness (QED) is 0.822. The van der Waals surface area contributed by atoms with Gasteiger partial charge in [-0.3, -0.25) is 4.79 Å². The van der Waals surface area contributed by atoms with Gasteiger partial charge in [0.2, 0.25) is 5.91 Å². The molecule has 0 aromatic heterocycles. The summed E-state index contributed by atoms with van der Waals surface area (Å²) in [6.45, 7) is 3.73. The number of carbonyl (C=O) groups is 1. The number of benzene rings is 1. The number of rotatable bonds is 5. The van der Waals surface area contributed by atoms with E-state index in [1.807, 2.05) is 31.2 Å². The Morgan fingerprint density at radius 1 is 1.41 bits per heavy atom. The summed E-state index contributed by atoms with van der Waals surface area (Å²) < 4.78 is 5.26. The van der Waals surface area contributed by atoms with Crippen LogP contribution in [-0.4, -0.2) is 18.9 Å². The monoisotopic (exact) mass is 255 g/mol. The molecule has 1 aromatic carbocycles. The van der Waals surface area contributed by atoms with Crippen LogP contribution in [0.1, 0.15) is 25.5 Å². The van der Waals surface area contributed by atoms with Gasteiger partial charge < -0.3 is 10.1 Å². The number of halogens is 1. The van der Waals surface area contributed by atoms with Crippen molar-refractivity contribution in [2.45, 2.75) is 19.9 Å². The standard InChI is InChI=1S/C13H18ClNO2/c1-9(8-14)13(16)15-10(2)11-6-4-5-7-12(11)17-3/h4-7,9-10H,8H2,1-3H3,(H,15,16). The molecule has 1 rings (SSSR count). The third-order valence-corrected chi connectivity index (χ3v) is 3.11. The number of ether oxygens (including phenoxy) is 1. The summed E-state index contributed by atoms with van der Waals surface area (Å²) in [5.41, 5.74) is 0.963. The maximum absolute atomic E-state index is 11.7. The van der Waals surface area contributed by atoms with Crippen molar-refractivity contribution in [2.24, 2.45) is 5.92 Å². The van der Waals surface area contributed by atoms with Crippen LogP contribution in [0.4, 0.5) is 0 Å². The van der Waals surface area contributed by atoms with Crippen molar-refractivity contribution in [1.82, 2.24) is 5.32 Å². The number of alkyl halides is 1. The Kier molecular flexibility index (Phi) is 5.29. The van der Waals surface area contributed by atoms with Gasteiger partial charge in [0, 0.05) is 17.4 Å². The highest BCUT2D eigenvalue weighted by molar-refractivity contribution is 6.19. The van der Waals surface area contributed by atoms with Gasteiger partial charge in [-0.15, -0.1) is 11.6 Å². The van der Waals surface area contributed by atoms with Gasteiger partial charge in [0.1, 0.15) is 5.75 Å². The van der Waals surface area contributed by atoms with E-state index >= 15 is 0 Å². The highest BCUT2D eigenvalue weighted by Gasteiger charge is 2.17. The van der Waals surface area contributed by atoms with Crippen molar-refractivity contribution >= 4 is 17.5 Å². The number of nitrogens with one attached hydrogen (secondary N) is 1.